The molecule has 9 nitrogen and oxygen atoms in total. The number of hydrogen-bond donors (Lipinski definition) is 4. The van der Waals surface area contributed by atoms with Crippen molar-refractivity contribution in [3.8, 4) is 5.75 Å². The lowest BCUT2D eigenvalue weighted by Crippen LogP contribution is -2.12. The minimum atomic E-state index is -0.530. The molecule has 0 saturated carbocycles. The number of benzene rings is 1. The van der Waals surface area contributed by atoms with Crippen LogP contribution in [0.5, 0.6) is 5.75 Å². The molecule has 154 valence electrons. The summed E-state index contributed by atoms with van der Waals surface area (Å²) in [6, 6.07) is 9.47. The normalized spacial score (nSPS) is 10.9. The number of anilines is 4. The van der Waals surface area contributed by atoms with Gasteiger partial charge in [0.1, 0.15) is 17.0 Å². The van der Waals surface area contributed by atoms with Gasteiger partial charge in [0, 0.05) is 19.3 Å². The highest BCUT2D eigenvalue weighted by molar-refractivity contribution is 5.93. The average molecular weight is 410 g/mol. The van der Waals surface area contributed by atoms with Crippen LogP contribution in [0, 0.1) is 5.82 Å². The third-order valence-electron chi connectivity index (χ3n) is 4.52. The Morgan fingerprint density at radius 2 is 2.03 bits per heavy atom. The number of aromatic nitrogens is 4. The second-order valence-electron chi connectivity index (χ2n) is 6.53. The molecule has 0 aliphatic carbocycles. The van der Waals surface area contributed by atoms with Crippen LogP contribution in [0.25, 0.3) is 11.0 Å². The Kier molecular flexibility index (Phi) is 5.07. The number of nitrogens with one attached hydrogen (secondary N) is 3. The van der Waals surface area contributed by atoms with Crippen molar-refractivity contribution < 1.29 is 14.2 Å². The van der Waals surface area contributed by atoms with Gasteiger partial charge in [-0.15, -0.1) is 0 Å². The lowest BCUT2D eigenvalue weighted by atomic mass is 10.2. The Hall–Kier alpha value is -3.92. The zero-order valence-corrected chi connectivity index (χ0v) is 16.2. The Bertz CT molecular complexity index is 1280. The molecule has 1 aromatic carbocycles. The maximum absolute atomic E-state index is 14.1. The first kappa shape index (κ1) is 19.4. The molecule has 0 saturated heterocycles. The Morgan fingerprint density at radius 1 is 1.20 bits per heavy atom. The van der Waals surface area contributed by atoms with E-state index in [2.05, 4.69) is 25.7 Å². The Labute approximate surface area is 170 Å². The highest BCUT2D eigenvalue weighted by Gasteiger charge is 2.16. The van der Waals surface area contributed by atoms with Crippen molar-refractivity contribution >= 4 is 34.0 Å². The van der Waals surface area contributed by atoms with E-state index < -0.39 is 5.82 Å². The maximum atomic E-state index is 14.1. The number of para-hydroxylation sites is 1. The smallest absolute Gasteiger partial charge is 0.277 e. The second kappa shape index (κ2) is 7.84. The summed E-state index contributed by atoms with van der Waals surface area (Å²) in [6.07, 6.45) is 1.56. The Balaban J connectivity index is 1.81. The molecule has 3 heterocycles. The zero-order valence-electron chi connectivity index (χ0n) is 16.2. The summed E-state index contributed by atoms with van der Waals surface area (Å²) in [6.45, 7) is -0.123. The van der Waals surface area contributed by atoms with E-state index in [0.29, 0.717) is 39.6 Å². The molecule has 0 bridgehead atoms. The van der Waals surface area contributed by atoms with E-state index in [0.717, 1.165) is 0 Å². The van der Waals surface area contributed by atoms with Crippen molar-refractivity contribution in [1.82, 2.24) is 19.7 Å². The van der Waals surface area contributed by atoms with E-state index in [4.69, 9.17) is 4.74 Å². The van der Waals surface area contributed by atoms with E-state index in [9.17, 15) is 14.3 Å². The summed E-state index contributed by atoms with van der Waals surface area (Å²) in [5.74, 6) is 0.366. The molecule has 0 unspecified atom stereocenters. The molecular formula is C20H19FN6O3. The molecule has 0 fully saturated rings. The predicted molar refractivity (Wildman–Crippen MR) is 111 cm³/mol. The fourth-order valence-electron chi connectivity index (χ4n) is 3.11. The van der Waals surface area contributed by atoms with E-state index in [1.165, 1.54) is 23.9 Å². The minimum Gasteiger partial charge on any atom is -0.492 e. The highest BCUT2D eigenvalue weighted by Crippen LogP contribution is 2.33. The molecule has 0 aliphatic heterocycles. The lowest BCUT2D eigenvalue weighted by Gasteiger charge is -2.13. The van der Waals surface area contributed by atoms with Crippen molar-refractivity contribution in [2.45, 2.75) is 6.61 Å². The molecule has 0 spiro atoms. The van der Waals surface area contributed by atoms with Crippen molar-refractivity contribution in [2.24, 2.45) is 7.05 Å². The molecular weight excluding hydrogens is 391 g/mol. The number of halogens is 1. The standard InChI is InChI=1S/C20H19FN6O3/c1-27-20(29)17-14(23-13-5-3-4-12(21)18(13)30-2)9-16(25-19(17)26-27)24-15-8-11(10-28)6-7-22-15/h3-9,28H,10H2,1-2H3,(H3,22,23,24,25,26). The van der Waals surface area contributed by atoms with Crippen LogP contribution in [-0.2, 0) is 13.7 Å². The molecule has 4 rings (SSSR count). The van der Waals surface area contributed by atoms with Crippen molar-refractivity contribution in [3.63, 3.8) is 0 Å². The van der Waals surface area contributed by atoms with Crippen molar-refractivity contribution in [2.75, 3.05) is 17.7 Å². The number of hydrogen-bond acceptors (Lipinski definition) is 7. The topological polar surface area (TPSA) is 117 Å². The fraction of sp³-hybridized carbons (Fsp3) is 0.150. The summed E-state index contributed by atoms with van der Waals surface area (Å²) in [5.41, 5.74) is 1.50. The van der Waals surface area contributed by atoms with Crippen molar-refractivity contribution in [3.05, 3.63) is 64.3 Å². The zero-order chi connectivity index (χ0) is 21.3. The third-order valence-corrected chi connectivity index (χ3v) is 4.52. The van der Waals surface area contributed by atoms with Crippen LogP contribution in [0.15, 0.2) is 47.4 Å². The summed E-state index contributed by atoms with van der Waals surface area (Å²) in [7, 11) is 2.95. The molecule has 0 atom stereocenters. The van der Waals surface area contributed by atoms with E-state index in [1.54, 1.807) is 37.5 Å². The van der Waals surface area contributed by atoms with Gasteiger partial charge < -0.3 is 20.5 Å². The van der Waals surface area contributed by atoms with E-state index in [-0.39, 0.29) is 17.9 Å². The fourth-order valence-corrected chi connectivity index (χ4v) is 3.11. The van der Waals surface area contributed by atoms with Crippen LogP contribution in [0.3, 0.4) is 0 Å². The van der Waals surface area contributed by atoms with Gasteiger partial charge in [0.25, 0.3) is 5.56 Å². The van der Waals surface area contributed by atoms with Crippen LogP contribution < -0.4 is 20.9 Å². The third kappa shape index (κ3) is 3.55. The number of methoxy groups -OCH3 is 1. The van der Waals surface area contributed by atoms with Gasteiger partial charge in [-0.1, -0.05) is 6.07 Å². The lowest BCUT2D eigenvalue weighted by molar-refractivity contribution is 0.282. The number of rotatable bonds is 6. The number of aromatic amines is 1. The predicted octanol–water partition coefficient (Wildman–Crippen LogP) is 2.78. The van der Waals surface area contributed by atoms with Gasteiger partial charge in [-0.25, -0.2) is 14.4 Å². The van der Waals surface area contributed by atoms with Crippen LogP contribution in [0.1, 0.15) is 5.56 Å². The number of ether oxygens (including phenoxy) is 1. The quantitative estimate of drug-likeness (QED) is 0.386. The summed E-state index contributed by atoms with van der Waals surface area (Å²) >= 11 is 0. The molecule has 10 heteroatoms. The SMILES string of the molecule is COc1c(F)cccc1Nc1cc(Nc2cc(CO)ccn2)nc2[nH]n(C)c(=O)c12. The molecule has 30 heavy (non-hydrogen) atoms. The maximum Gasteiger partial charge on any atom is 0.277 e. The average Bonchev–Trinajstić information content (AvgIpc) is 3.02. The van der Waals surface area contributed by atoms with Gasteiger partial charge in [-0.3, -0.25) is 14.6 Å². The van der Waals surface area contributed by atoms with Gasteiger partial charge in [0.05, 0.1) is 25.1 Å². The van der Waals surface area contributed by atoms with Gasteiger partial charge in [0.2, 0.25) is 0 Å². The first-order valence-electron chi connectivity index (χ1n) is 9.02. The summed E-state index contributed by atoms with van der Waals surface area (Å²) < 4.78 is 20.6. The van der Waals surface area contributed by atoms with Crippen LogP contribution in [0.2, 0.25) is 0 Å². The molecule has 0 aliphatic rings. The van der Waals surface area contributed by atoms with Gasteiger partial charge in [-0.05, 0) is 29.8 Å². The first-order valence-corrected chi connectivity index (χ1v) is 9.02. The number of aliphatic hydroxyl groups excluding tert-OH is 1. The van der Waals surface area contributed by atoms with Crippen LogP contribution >= 0.6 is 0 Å². The largest absolute Gasteiger partial charge is 0.492 e. The summed E-state index contributed by atoms with van der Waals surface area (Å²) in [4.78, 5) is 21.2. The number of H-pyrrole nitrogens is 1. The molecule has 0 amide bonds. The number of nitrogens with zero attached hydrogens (tertiary/aromatic N) is 3. The first-order chi connectivity index (χ1) is 14.5. The number of pyridine rings is 2. The monoisotopic (exact) mass is 410 g/mol. The van der Waals surface area contributed by atoms with Gasteiger partial charge in [-0.2, -0.15) is 0 Å². The highest BCUT2D eigenvalue weighted by atomic mass is 19.1. The molecule has 4 N–H and O–H groups in total. The molecule has 3 aromatic heterocycles. The van der Waals surface area contributed by atoms with Gasteiger partial charge in [0.15, 0.2) is 17.2 Å². The van der Waals surface area contributed by atoms with E-state index >= 15 is 0 Å². The van der Waals surface area contributed by atoms with E-state index in [1.807, 2.05) is 0 Å². The number of aryl methyl sites for hydroxylation is 1. The number of fused-ring (bicyclic) bond motifs is 1. The Morgan fingerprint density at radius 3 is 2.80 bits per heavy atom. The van der Waals surface area contributed by atoms with Crippen LogP contribution in [0.4, 0.5) is 27.4 Å². The molecule has 4 aromatic rings. The van der Waals surface area contributed by atoms with Gasteiger partial charge >= 0.3 is 0 Å². The van der Waals surface area contributed by atoms with Crippen molar-refractivity contribution in [1.29, 1.82) is 0 Å². The summed E-state index contributed by atoms with van der Waals surface area (Å²) in [5, 5.41) is 18.6. The molecule has 0 radical (unpaired) electrons. The van der Waals surface area contributed by atoms with Crippen LogP contribution in [-0.4, -0.2) is 32.0 Å². The minimum absolute atomic E-state index is 0.0293. The second-order valence-corrected chi connectivity index (χ2v) is 6.53. The number of aliphatic hydroxyl groups is 1.